The molecule has 5 aromatic rings. The average Bonchev–Trinajstić information content (AvgIpc) is 3.43. The number of methoxy groups -OCH3 is 1. The molecule has 7 rings (SSSR count). The van der Waals surface area contributed by atoms with E-state index < -0.39 is 0 Å². The van der Waals surface area contributed by atoms with Crippen LogP contribution in [0.1, 0.15) is 40.7 Å². The van der Waals surface area contributed by atoms with Crippen LogP contribution in [0.4, 0.5) is 17.1 Å². The van der Waals surface area contributed by atoms with E-state index in [0.29, 0.717) is 23.3 Å². The van der Waals surface area contributed by atoms with E-state index in [4.69, 9.17) is 9.47 Å². The van der Waals surface area contributed by atoms with Crippen LogP contribution >= 0.6 is 0 Å². The van der Waals surface area contributed by atoms with Gasteiger partial charge in [0.05, 0.1) is 7.11 Å². The van der Waals surface area contributed by atoms with Crippen LogP contribution in [0.3, 0.4) is 0 Å². The monoisotopic (exact) mass is 694 g/mol. The second-order valence-electron chi connectivity index (χ2n) is 12.9. The van der Waals surface area contributed by atoms with Crippen LogP contribution in [-0.4, -0.2) is 12.9 Å². The fourth-order valence-corrected chi connectivity index (χ4v) is 6.48. The number of para-hydroxylation sites is 2. The van der Waals surface area contributed by atoms with Gasteiger partial charge in [0.1, 0.15) is 17.3 Å². The van der Waals surface area contributed by atoms with Crippen molar-refractivity contribution < 1.29 is 14.3 Å². The molecule has 0 amide bonds. The number of benzene rings is 5. The number of aryl methyl sites for hydroxylation is 1. The quantitative estimate of drug-likeness (QED) is 0.129. The molecule has 0 unspecified atom stereocenters. The van der Waals surface area contributed by atoms with Gasteiger partial charge in [-0.3, -0.25) is 4.79 Å². The first-order valence-corrected chi connectivity index (χ1v) is 17.9. The highest BCUT2D eigenvalue weighted by Crippen LogP contribution is 2.35. The smallest absolute Gasteiger partial charge is 0.193 e. The summed E-state index contributed by atoms with van der Waals surface area (Å²) < 4.78 is 11.7. The molecule has 5 nitrogen and oxygen atoms in total. The van der Waals surface area contributed by atoms with Crippen LogP contribution in [-0.2, 0) is 0 Å². The van der Waals surface area contributed by atoms with Gasteiger partial charge in [0, 0.05) is 58.1 Å². The Kier molecular flexibility index (Phi) is 10.9. The molecule has 0 aliphatic heterocycles. The van der Waals surface area contributed by atoms with Crippen molar-refractivity contribution in [1.82, 2.24) is 0 Å². The normalized spacial score (nSPS) is 16.6. The minimum absolute atomic E-state index is 0.00579. The first-order valence-electron chi connectivity index (χ1n) is 17.9. The number of hydrogen-bond acceptors (Lipinski definition) is 5. The van der Waals surface area contributed by atoms with Gasteiger partial charge in [-0.15, -0.1) is 0 Å². The van der Waals surface area contributed by atoms with Crippen molar-refractivity contribution in [2.45, 2.75) is 26.2 Å². The van der Waals surface area contributed by atoms with Gasteiger partial charge in [-0.25, -0.2) is 0 Å². The van der Waals surface area contributed by atoms with E-state index in [0.717, 1.165) is 58.4 Å². The summed E-state index contributed by atoms with van der Waals surface area (Å²) in [5.41, 5.74) is 9.13. The van der Waals surface area contributed by atoms with Crippen molar-refractivity contribution >= 4 is 22.8 Å². The summed E-state index contributed by atoms with van der Waals surface area (Å²) in [5.74, 6) is 2.22. The summed E-state index contributed by atoms with van der Waals surface area (Å²) in [6.45, 7) is 2.01. The molecule has 0 aromatic heterocycles. The van der Waals surface area contributed by atoms with E-state index >= 15 is 0 Å². The molecule has 2 aliphatic carbocycles. The first-order chi connectivity index (χ1) is 26.1. The van der Waals surface area contributed by atoms with Gasteiger partial charge in [0.25, 0.3) is 0 Å². The van der Waals surface area contributed by atoms with Crippen molar-refractivity contribution in [2.24, 2.45) is 0 Å². The number of ether oxygens (including phenoxy) is 2. The fourth-order valence-electron chi connectivity index (χ4n) is 6.48. The highest BCUT2D eigenvalue weighted by atomic mass is 16.5. The Morgan fingerprint density at radius 3 is 1.79 bits per heavy atom. The van der Waals surface area contributed by atoms with Crippen molar-refractivity contribution in [2.75, 3.05) is 16.9 Å². The summed E-state index contributed by atoms with van der Waals surface area (Å²) >= 11 is 0. The van der Waals surface area contributed by atoms with Gasteiger partial charge in [0.15, 0.2) is 5.78 Å². The van der Waals surface area contributed by atoms with E-state index in [1.54, 1.807) is 7.11 Å². The van der Waals surface area contributed by atoms with Crippen LogP contribution < -0.4 is 19.3 Å². The van der Waals surface area contributed by atoms with Crippen LogP contribution in [0, 0.1) is 6.92 Å². The largest absolute Gasteiger partial charge is 0.497 e. The maximum atomic E-state index is 13.0. The Balaban J connectivity index is 1.13. The van der Waals surface area contributed by atoms with E-state index in [1.807, 2.05) is 91.9 Å². The first kappa shape index (κ1) is 34.8. The third kappa shape index (κ3) is 8.49. The molecule has 262 valence electrons. The molecule has 0 radical (unpaired) electrons. The van der Waals surface area contributed by atoms with Crippen molar-refractivity contribution in [1.29, 1.82) is 0 Å². The van der Waals surface area contributed by atoms with Gasteiger partial charge in [-0.2, -0.15) is 0 Å². The van der Waals surface area contributed by atoms with Gasteiger partial charge in [-0.1, -0.05) is 90.5 Å². The maximum Gasteiger partial charge on any atom is 0.193 e. The number of carbonyl (C=O) groups is 1. The molecule has 0 saturated carbocycles. The van der Waals surface area contributed by atoms with Crippen LogP contribution in [0.2, 0.25) is 0 Å². The summed E-state index contributed by atoms with van der Waals surface area (Å²) in [6, 6.07) is 44.2. The van der Waals surface area contributed by atoms with Gasteiger partial charge in [0.2, 0.25) is 0 Å². The highest BCUT2D eigenvalue weighted by Gasteiger charge is 2.19. The Morgan fingerprint density at radius 2 is 1.13 bits per heavy atom. The summed E-state index contributed by atoms with van der Waals surface area (Å²) in [4.78, 5) is 17.6. The second-order valence-corrected chi connectivity index (χ2v) is 12.9. The SMILES string of the molecule is COc1ccc(N(/C2=C/C/C=C(N(C3=CC=C(Oc4ccc(C(=O)c5ccc(C)cc5)cc4)C=CC3)c3ccccc3)\C=C/C2)c2ccccc2)cc1. The predicted molar refractivity (Wildman–Crippen MR) is 217 cm³/mol. The zero-order valence-electron chi connectivity index (χ0n) is 30.1. The molecule has 5 heteroatoms. The van der Waals surface area contributed by atoms with Crippen molar-refractivity contribution in [3.8, 4) is 11.5 Å². The van der Waals surface area contributed by atoms with Gasteiger partial charge in [-0.05, 0) is 110 Å². The van der Waals surface area contributed by atoms with Crippen molar-refractivity contribution in [3.63, 3.8) is 0 Å². The molecule has 0 atom stereocenters. The maximum absolute atomic E-state index is 13.0. The molecular weight excluding hydrogens is 653 g/mol. The van der Waals surface area contributed by atoms with E-state index in [-0.39, 0.29) is 5.78 Å². The van der Waals surface area contributed by atoms with E-state index in [9.17, 15) is 4.79 Å². The fraction of sp³-hybridized carbons (Fsp3) is 0.104. The topological polar surface area (TPSA) is 42.0 Å². The number of carbonyl (C=O) groups excluding carboxylic acids is 1. The predicted octanol–water partition coefficient (Wildman–Crippen LogP) is 11.8. The summed E-state index contributed by atoms with van der Waals surface area (Å²) in [5, 5.41) is 0. The van der Waals surface area contributed by atoms with Crippen LogP contribution in [0.15, 0.2) is 205 Å². The lowest BCUT2D eigenvalue weighted by Crippen LogP contribution is -2.21. The second kappa shape index (κ2) is 16.6. The molecule has 53 heavy (non-hydrogen) atoms. The standard InChI is InChI=1S/C48H42N2O3/c1-36-22-24-37(25-23-36)48(51)38-26-31-47(32-27-38)53-46-21-11-20-43(30-35-46)49(39-12-5-3-6-13-39)41-16-9-18-42(19-10-17-41)50(40-14-7-4-8-15-40)44-28-33-45(52-2)34-29-44/h3-9,11-17,19,21-35H,10,18,20H2,1-2H3/b16-9-,41-17+,42-19+. The number of rotatable bonds is 11. The lowest BCUT2D eigenvalue weighted by molar-refractivity contribution is 0.103. The minimum atomic E-state index is -0.00579. The molecule has 0 saturated heterocycles. The number of hydrogen-bond donors (Lipinski definition) is 0. The Hall–Kier alpha value is -6.59. The number of nitrogens with zero attached hydrogens (tertiary/aromatic N) is 2. The number of allylic oxidation sites excluding steroid dienone is 8. The Labute approximate surface area is 312 Å². The molecule has 0 fully saturated rings. The molecule has 0 N–H and O–H groups in total. The van der Waals surface area contributed by atoms with E-state index in [2.05, 4.69) is 107 Å². The number of anilines is 3. The lowest BCUT2D eigenvalue weighted by Gasteiger charge is -2.30. The zero-order chi connectivity index (χ0) is 36.4. The Morgan fingerprint density at radius 1 is 0.566 bits per heavy atom. The van der Waals surface area contributed by atoms with Gasteiger partial charge >= 0.3 is 0 Å². The van der Waals surface area contributed by atoms with E-state index in [1.165, 1.54) is 5.70 Å². The zero-order valence-corrected chi connectivity index (χ0v) is 30.1. The lowest BCUT2D eigenvalue weighted by atomic mass is 10.0. The van der Waals surface area contributed by atoms with Crippen LogP contribution in [0.25, 0.3) is 0 Å². The third-order valence-electron chi connectivity index (χ3n) is 9.20. The third-order valence-corrected chi connectivity index (χ3v) is 9.20. The highest BCUT2D eigenvalue weighted by molar-refractivity contribution is 6.09. The summed E-state index contributed by atoms with van der Waals surface area (Å²) in [7, 11) is 1.69. The average molecular weight is 695 g/mol. The molecule has 0 heterocycles. The Bertz CT molecular complexity index is 2210. The summed E-state index contributed by atoms with van der Waals surface area (Å²) in [6.07, 6.45) is 19.6. The number of ketones is 1. The molecule has 0 spiro atoms. The van der Waals surface area contributed by atoms with Gasteiger partial charge < -0.3 is 19.3 Å². The van der Waals surface area contributed by atoms with Crippen LogP contribution in [0.5, 0.6) is 11.5 Å². The molecule has 0 bridgehead atoms. The minimum Gasteiger partial charge on any atom is -0.497 e. The molecular formula is C48H42N2O3. The molecule has 5 aromatic carbocycles. The molecule has 2 aliphatic rings. The van der Waals surface area contributed by atoms with Crippen molar-refractivity contribution in [3.05, 3.63) is 222 Å².